The number of nitrogens with two attached hydrogens (primary N) is 1. The molecule has 1 unspecified atom stereocenters. The molecule has 0 aliphatic rings. The topological polar surface area (TPSA) is 47.3 Å². The molecule has 1 atom stereocenters. The maximum absolute atomic E-state index is 5.75. The van der Waals surface area contributed by atoms with Crippen LogP contribution >= 0.6 is 0 Å². The van der Waals surface area contributed by atoms with Gasteiger partial charge in [0.1, 0.15) is 6.61 Å². The molecule has 0 aliphatic heterocycles. The van der Waals surface area contributed by atoms with Crippen molar-refractivity contribution in [2.75, 3.05) is 13.2 Å². The minimum absolute atomic E-state index is 0.155. The summed E-state index contributed by atoms with van der Waals surface area (Å²) in [5.74, 6) is 0.976. The number of hydrogen-bond donors (Lipinski definition) is 2. The van der Waals surface area contributed by atoms with E-state index in [4.69, 9.17) is 10.5 Å². The van der Waals surface area contributed by atoms with Crippen LogP contribution in [0.4, 0.5) is 0 Å². The van der Waals surface area contributed by atoms with Gasteiger partial charge in [0.15, 0.2) is 0 Å². The summed E-state index contributed by atoms with van der Waals surface area (Å²) in [6.45, 7) is 9.96. The molecule has 0 bridgehead atoms. The Labute approximate surface area is 94.1 Å². The zero-order chi connectivity index (χ0) is 11.7. The summed E-state index contributed by atoms with van der Waals surface area (Å²) in [5.41, 5.74) is 5.75. The molecule has 0 aromatic heterocycles. The first-order chi connectivity index (χ1) is 7.06. The van der Waals surface area contributed by atoms with Crippen LogP contribution in [0.5, 0.6) is 0 Å². The average Bonchev–Trinajstić information content (AvgIpc) is 2.20. The van der Waals surface area contributed by atoms with Gasteiger partial charge in [0, 0.05) is 12.1 Å². The van der Waals surface area contributed by atoms with Gasteiger partial charge >= 0.3 is 0 Å². The Morgan fingerprint density at radius 1 is 1.47 bits per heavy atom. The SMILES string of the molecule is CCC(N)CO/C(C)=C/CCNC(C)C. The molecule has 0 aliphatic carbocycles. The van der Waals surface area contributed by atoms with E-state index in [2.05, 4.69) is 32.2 Å². The maximum atomic E-state index is 5.75. The van der Waals surface area contributed by atoms with Crippen LogP contribution in [0.2, 0.25) is 0 Å². The first-order valence-electron chi connectivity index (χ1n) is 5.84. The van der Waals surface area contributed by atoms with Gasteiger partial charge in [0.25, 0.3) is 0 Å². The molecule has 0 saturated carbocycles. The van der Waals surface area contributed by atoms with Crippen molar-refractivity contribution in [2.45, 2.75) is 52.6 Å². The molecule has 3 N–H and O–H groups in total. The van der Waals surface area contributed by atoms with Gasteiger partial charge in [-0.1, -0.05) is 20.8 Å². The summed E-state index contributed by atoms with van der Waals surface area (Å²) in [6.07, 6.45) is 4.07. The van der Waals surface area contributed by atoms with E-state index in [0.29, 0.717) is 12.6 Å². The lowest BCUT2D eigenvalue weighted by Gasteiger charge is -2.11. The van der Waals surface area contributed by atoms with Crippen molar-refractivity contribution >= 4 is 0 Å². The Balaban J connectivity index is 3.52. The molecule has 0 rings (SSSR count). The fraction of sp³-hybridized carbons (Fsp3) is 0.833. The van der Waals surface area contributed by atoms with Crippen molar-refractivity contribution in [1.29, 1.82) is 0 Å². The van der Waals surface area contributed by atoms with Crippen molar-refractivity contribution < 1.29 is 4.74 Å². The Hall–Kier alpha value is -0.540. The largest absolute Gasteiger partial charge is 0.497 e. The third kappa shape index (κ3) is 9.76. The highest BCUT2D eigenvalue weighted by atomic mass is 16.5. The van der Waals surface area contributed by atoms with E-state index >= 15 is 0 Å². The third-order valence-electron chi connectivity index (χ3n) is 2.18. The number of allylic oxidation sites excluding steroid dienone is 1. The second-order valence-corrected chi connectivity index (χ2v) is 4.19. The van der Waals surface area contributed by atoms with E-state index < -0.39 is 0 Å². The summed E-state index contributed by atoms with van der Waals surface area (Å²) in [4.78, 5) is 0. The summed E-state index contributed by atoms with van der Waals surface area (Å²) in [5, 5.41) is 3.35. The molecule has 0 amide bonds. The molecular weight excluding hydrogens is 188 g/mol. The second-order valence-electron chi connectivity index (χ2n) is 4.19. The van der Waals surface area contributed by atoms with Gasteiger partial charge in [-0.2, -0.15) is 0 Å². The van der Waals surface area contributed by atoms with Crippen LogP contribution in [-0.2, 0) is 4.74 Å². The molecule has 0 radical (unpaired) electrons. The highest BCUT2D eigenvalue weighted by Crippen LogP contribution is 1.99. The van der Waals surface area contributed by atoms with Gasteiger partial charge < -0.3 is 15.8 Å². The number of rotatable bonds is 8. The second kappa shape index (κ2) is 8.74. The van der Waals surface area contributed by atoms with Crippen LogP contribution in [0.15, 0.2) is 11.8 Å². The number of ether oxygens (including phenoxy) is 1. The fourth-order valence-corrected chi connectivity index (χ4v) is 1.06. The van der Waals surface area contributed by atoms with Gasteiger partial charge in [0.2, 0.25) is 0 Å². The van der Waals surface area contributed by atoms with E-state index in [1.807, 2.05) is 6.92 Å². The molecule has 3 nitrogen and oxygen atoms in total. The fourth-order valence-electron chi connectivity index (χ4n) is 1.06. The zero-order valence-electron chi connectivity index (χ0n) is 10.5. The molecule has 15 heavy (non-hydrogen) atoms. The zero-order valence-corrected chi connectivity index (χ0v) is 10.5. The van der Waals surface area contributed by atoms with Crippen LogP contribution in [0.25, 0.3) is 0 Å². The number of nitrogens with one attached hydrogen (secondary N) is 1. The molecule has 0 aromatic carbocycles. The highest BCUT2D eigenvalue weighted by molar-refractivity contribution is 4.89. The van der Waals surface area contributed by atoms with Crippen LogP contribution in [0.1, 0.15) is 40.5 Å². The van der Waals surface area contributed by atoms with Crippen molar-refractivity contribution in [3.8, 4) is 0 Å². The van der Waals surface area contributed by atoms with E-state index in [-0.39, 0.29) is 6.04 Å². The lowest BCUT2D eigenvalue weighted by Crippen LogP contribution is -2.25. The summed E-state index contributed by atoms with van der Waals surface area (Å²) in [7, 11) is 0. The predicted octanol–water partition coefficient (Wildman–Crippen LogP) is 2.03. The van der Waals surface area contributed by atoms with Crippen molar-refractivity contribution in [3.05, 3.63) is 11.8 Å². The molecule has 0 spiro atoms. The van der Waals surface area contributed by atoms with Crippen LogP contribution in [-0.4, -0.2) is 25.2 Å². The monoisotopic (exact) mass is 214 g/mol. The highest BCUT2D eigenvalue weighted by Gasteiger charge is 1.99. The van der Waals surface area contributed by atoms with Crippen molar-refractivity contribution in [3.63, 3.8) is 0 Å². The smallest absolute Gasteiger partial charge is 0.103 e. The van der Waals surface area contributed by atoms with E-state index in [0.717, 1.165) is 25.1 Å². The molecule has 0 fully saturated rings. The summed E-state index contributed by atoms with van der Waals surface area (Å²) >= 11 is 0. The van der Waals surface area contributed by atoms with E-state index in [9.17, 15) is 0 Å². The molecule has 0 saturated heterocycles. The maximum Gasteiger partial charge on any atom is 0.103 e. The Kier molecular flexibility index (Phi) is 8.43. The van der Waals surface area contributed by atoms with Gasteiger partial charge in [-0.15, -0.1) is 0 Å². The quantitative estimate of drug-likeness (QED) is 0.480. The van der Waals surface area contributed by atoms with Gasteiger partial charge in [-0.05, 0) is 32.4 Å². The first kappa shape index (κ1) is 14.5. The summed E-state index contributed by atoms with van der Waals surface area (Å²) in [6, 6.07) is 0.704. The van der Waals surface area contributed by atoms with Crippen molar-refractivity contribution in [1.82, 2.24) is 5.32 Å². The van der Waals surface area contributed by atoms with Gasteiger partial charge in [-0.3, -0.25) is 0 Å². The lowest BCUT2D eigenvalue weighted by molar-refractivity contribution is 0.192. The predicted molar refractivity (Wildman–Crippen MR) is 65.7 cm³/mol. The first-order valence-corrected chi connectivity index (χ1v) is 5.84. The molecule has 90 valence electrons. The van der Waals surface area contributed by atoms with Gasteiger partial charge in [0.05, 0.1) is 5.76 Å². The van der Waals surface area contributed by atoms with Crippen LogP contribution in [0, 0.1) is 0 Å². The molecule has 0 aromatic rings. The lowest BCUT2D eigenvalue weighted by atomic mass is 10.2. The normalized spacial score (nSPS) is 14.4. The van der Waals surface area contributed by atoms with Crippen LogP contribution < -0.4 is 11.1 Å². The van der Waals surface area contributed by atoms with Crippen molar-refractivity contribution in [2.24, 2.45) is 5.73 Å². The Bertz CT molecular complexity index is 178. The van der Waals surface area contributed by atoms with Crippen LogP contribution in [0.3, 0.4) is 0 Å². The Morgan fingerprint density at radius 2 is 2.13 bits per heavy atom. The standard InChI is InChI=1S/C12H26N2O/c1-5-12(13)9-15-11(4)7-6-8-14-10(2)3/h7,10,12,14H,5-6,8-9,13H2,1-4H3/b11-7+. The van der Waals surface area contributed by atoms with Gasteiger partial charge in [-0.25, -0.2) is 0 Å². The molecular formula is C12H26N2O. The average molecular weight is 214 g/mol. The minimum Gasteiger partial charge on any atom is -0.497 e. The Morgan fingerprint density at radius 3 is 2.67 bits per heavy atom. The minimum atomic E-state index is 0.155. The van der Waals surface area contributed by atoms with E-state index in [1.165, 1.54) is 0 Å². The summed E-state index contributed by atoms with van der Waals surface area (Å²) < 4.78 is 5.51. The molecule has 0 heterocycles. The number of hydrogen-bond acceptors (Lipinski definition) is 3. The third-order valence-corrected chi connectivity index (χ3v) is 2.18. The van der Waals surface area contributed by atoms with E-state index in [1.54, 1.807) is 0 Å². The molecule has 3 heteroatoms.